The summed E-state index contributed by atoms with van der Waals surface area (Å²) in [7, 11) is 0. The molecule has 2 aromatic heterocycles. The molecular formula is C27H28N4O2. The van der Waals surface area contributed by atoms with Crippen LogP contribution in [0.4, 0.5) is 0 Å². The van der Waals surface area contributed by atoms with Crippen molar-refractivity contribution in [2.24, 2.45) is 5.92 Å². The van der Waals surface area contributed by atoms with Crippen LogP contribution >= 0.6 is 0 Å². The second kappa shape index (κ2) is 9.55. The van der Waals surface area contributed by atoms with Crippen molar-refractivity contribution in [1.29, 1.82) is 0 Å². The first kappa shape index (κ1) is 21.3. The molecule has 6 heteroatoms. The lowest BCUT2D eigenvalue weighted by Gasteiger charge is -2.24. The zero-order chi connectivity index (χ0) is 22.6. The maximum Gasteiger partial charge on any atom is 0.253 e. The molecule has 0 saturated carbocycles. The molecule has 2 aromatic carbocycles. The van der Waals surface area contributed by atoms with E-state index in [4.69, 9.17) is 4.74 Å². The maximum atomic E-state index is 13.4. The summed E-state index contributed by atoms with van der Waals surface area (Å²) in [6.45, 7) is 5.19. The molecule has 1 fully saturated rings. The van der Waals surface area contributed by atoms with Crippen LogP contribution in [0.25, 0.3) is 10.8 Å². The number of hydrogen-bond acceptors (Lipinski definition) is 4. The second-order valence-electron chi connectivity index (χ2n) is 8.71. The molecule has 168 valence electrons. The van der Waals surface area contributed by atoms with Gasteiger partial charge in [-0.05, 0) is 48.1 Å². The molecule has 1 aliphatic rings. The number of rotatable bonds is 5. The van der Waals surface area contributed by atoms with Gasteiger partial charge in [0.25, 0.3) is 5.91 Å². The number of aryl methyl sites for hydroxylation is 1. The van der Waals surface area contributed by atoms with E-state index in [-0.39, 0.29) is 11.8 Å². The molecule has 5 rings (SSSR count). The number of ether oxygens (including phenoxy) is 1. The van der Waals surface area contributed by atoms with E-state index in [1.807, 2.05) is 54.7 Å². The van der Waals surface area contributed by atoms with E-state index in [0.717, 1.165) is 23.4 Å². The van der Waals surface area contributed by atoms with Gasteiger partial charge in [0.15, 0.2) is 0 Å². The van der Waals surface area contributed by atoms with Gasteiger partial charge < -0.3 is 14.2 Å². The summed E-state index contributed by atoms with van der Waals surface area (Å²) in [5.74, 6) is 1.26. The third kappa shape index (κ3) is 4.81. The van der Waals surface area contributed by atoms with Crippen molar-refractivity contribution >= 4 is 16.7 Å². The normalized spacial score (nSPS) is 16.6. The van der Waals surface area contributed by atoms with E-state index >= 15 is 0 Å². The third-order valence-corrected chi connectivity index (χ3v) is 6.36. The van der Waals surface area contributed by atoms with Gasteiger partial charge in [-0.3, -0.25) is 9.78 Å². The van der Waals surface area contributed by atoms with Crippen molar-refractivity contribution in [2.45, 2.75) is 19.9 Å². The molecule has 3 heterocycles. The Morgan fingerprint density at radius 3 is 2.94 bits per heavy atom. The van der Waals surface area contributed by atoms with E-state index in [9.17, 15) is 4.79 Å². The molecule has 0 bridgehead atoms. The Bertz CT molecular complexity index is 1260. The summed E-state index contributed by atoms with van der Waals surface area (Å²) in [6.07, 6.45) is 8.37. The van der Waals surface area contributed by atoms with E-state index < -0.39 is 0 Å². The van der Waals surface area contributed by atoms with Crippen molar-refractivity contribution in [1.82, 2.24) is 19.4 Å². The van der Waals surface area contributed by atoms with Gasteiger partial charge in [0.05, 0.1) is 13.2 Å². The summed E-state index contributed by atoms with van der Waals surface area (Å²) in [5.41, 5.74) is 3.06. The number of nitrogens with zero attached hydrogens (tertiary/aromatic N) is 4. The van der Waals surface area contributed by atoms with Gasteiger partial charge in [0.2, 0.25) is 0 Å². The van der Waals surface area contributed by atoms with Crippen LogP contribution in [0.5, 0.6) is 0 Å². The van der Waals surface area contributed by atoms with Crippen molar-refractivity contribution in [3.63, 3.8) is 0 Å². The summed E-state index contributed by atoms with van der Waals surface area (Å²) >= 11 is 0. The van der Waals surface area contributed by atoms with Gasteiger partial charge in [-0.15, -0.1) is 0 Å². The van der Waals surface area contributed by atoms with Gasteiger partial charge >= 0.3 is 0 Å². The molecule has 0 radical (unpaired) electrons. The fourth-order valence-electron chi connectivity index (χ4n) is 4.61. The lowest BCUT2D eigenvalue weighted by Crippen LogP contribution is -2.36. The van der Waals surface area contributed by atoms with Crippen molar-refractivity contribution < 1.29 is 9.53 Å². The molecule has 1 amide bonds. The van der Waals surface area contributed by atoms with E-state index in [1.54, 1.807) is 6.20 Å². The molecule has 0 N–H and O–H groups in total. The topological polar surface area (TPSA) is 60.2 Å². The van der Waals surface area contributed by atoms with Gasteiger partial charge in [0, 0.05) is 61.3 Å². The molecule has 0 spiro atoms. The van der Waals surface area contributed by atoms with Crippen molar-refractivity contribution in [3.05, 3.63) is 95.8 Å². The number of fused-ring (bicyclic) bond motifs is 1. The molecule has 33 heavy (non-hydrogen) atoms. The van der Waals surface area contributed by atoms with Crippen LogP contribution in [0.3, 0.4) is 0 Å². The maximum absolute atomic E-state index is 13.4. The third-order valence-electron chi connectivity index (χ3n) is 6.36. The number of aromatic nitrogens is 3. The van der Waals surface area contributed by atoms with Crippen LogP contribution < -0.4 is 0 Å². The Kier molecular flexibility index (Phi) is 6.17. The van der Waals surface area contributed by atoms with E-state index in [0.29, 0.717) is 32.8 Å². The monoisotopic (exact) mass is 440 g/mol. The molecule has 1 saturated heterocycles. The van der Waals surface area contributed by atoms with Crippen LogP contribution in [0.1, 0.15) is 27.3 Å². The van der Waals surface area contributed by atoms with E-state index in [2.05, 4.69) is 38.8 Å². The number of hydrogen-bond donors (Lipinski definition) is 0. The number of amides is 1. The minimum atomic E-state index is 0.0642. The van der Waals surface area contributed by atoms with Crippen LogP contribution in [0.2, 0.25) is 0 Å². The largest absolute Gasteiger partial charge is 0.379 e. The molecule has 6 nitrogen and oxygen atoms in total. The quantitative estimate of drug-likeness (QED) is 0.468. The predicted octanol–water partition coefficient (Wildman–Crippen LogP) is 4.12. The van der Waals surface area contributed by atoms with Gasteiger partial charge in [-0.25, -0.2) is 4.98 Å². The molecule has 1 aliphatic heterocycles. The molecule has 0 aliphatic carbocycles. The van der Waals surface area contributed by atoms with E-state index in [1.165, 1.54) is 16.3 Å². The average molecular weight is 441 g/mol. The van der Waals surface area contributed by atoms with Crippen LogP contribution in [0.15, 0.2) is 73.3 Å². The number of carbonyl (C=O) groups is 1. The molecule has 0 unspecified atom stereocenters. The number of pyridine rings is 1. The Balaban J connectivity index is 1.32. The summed E-state index contributed by atoms with van der Waals surface area (Å²) < 4.78 is 7.98. The minimum absolute atomic E-state index is 0.0642. The predicted molar refractivity (Wildman–Crippen MR) is 128 cm³/mol. The molecule has 1 atom stereocenters. The zero-order valence-corrected chi connectivity index (χ0v) is 18.9. The Hall–Kier alpha value is -3.51. The average Bonchev–Trinajstić information content (AvgIpc) is 3.10. The zero-order valence-electron chi connectivity index (χ0n) is 18.9. The van der Waals surface area contributed by atoms with Gasteiger partial charge in [-0.1, -0.05) is 30.3 Å². The first-order valence-electron chi connectivity index (χ1n) is 11.4. The fraction of sp³-hybridized carbons (Fsp3) is 0.296. The standard InChI is InChI=1S/C27H28N4O2/c1-20-29-10-11-30(20)17-21-4-2-7-25(14-21)27(32)31-12-13-33-19-22(18-31)15-24-6-3-5-23-8-9-28-16-26(23)24/h2-11,14,16,22H,12-13,15,17-19H2,1H3/t22-/m1/s1. The summed E-state index contributed by atoms with van der Waals surface area (Å²) in [6, 6.07) is 16.3. The van der Waals surface area contributed by atoms with Crippen molar-refractivity contribution in [2.75, 3.05) is 26.3 Å². The second-order valence-corrected chi connectivity index (χ2v) is 8.71. The van der Waals surface area contributed by atoms with Gasteiger partial charge in [0.1, 0.15) is 5.82 Å². The summed E-state index contributed by atoms with van der Waals surface area (Å²) in [4.78, 5) is 24.0. The number of carbonyl (C=O) groups excluding carboxylic acids is 1. The van der Waals surface area contributed by atoms with Crippen LogP contribution in [0, 0.1) is 12.8 Å². The first-order valence-corrected chi connectivity index (χ1v) is 11.4. The lowest BCUT2D eigenvalue weighted by molar-refractivity contribution is 0.0737. The number of benzene rings is 2. The minimum Gasteiger partial charge on any atom is -0.379 e. The SMILES string of the molecule is Cc1nccn1Cc1cccc(C(=O)N2CCOC[C@H](Cc3cccc4ccncc34)C2)c1. The number of imidazole rings is 1. The highest BCUT2D eigenvalue weighted by atomic mass is 16.5. The smallest absolute Gasteiger partial charge is 0.253 e. The molecular weight excluding hydrogens is 412 g/mol. The highest BCUT2D eigenvalue weighted by Crippen LogP contribution is 2.23. The first-order chi connectivity index (χ1) is 16.2. The lowest BCUT2D eigenvalue weighted by atomic mass is 9.95. The summed E-state index contributed by atoms with van der Waals surface area (Å²) in [5, 5.41) is 2.36. The highest BCUT2D eigenvalue weighted by Gasteiger charge is 2.24. The molecule has 4 aromatic rings. The highest BCUT2D eigenvalue weighted by molar-refractivity contribution is 5.94. The Morgan fingerprint density at radius 2 is 2.06 bits per heavy atom. The Morgan fingerprint density at radius 1 is 1.15 bits per heavy atom. The van der Waals surface area contributed by atoms with Crippen LogP contribution in [-0.2, 0) is 17.7 Å². The van der Waals surface area contributed by atoms with Gasteiger partial charge in [-0.2, -0.15) is 0 Å². The van der Waals surface area contributed by atoms with Crippen molar-refractivity contribution in [3.8, 4) is 0 Å². The fourth-order valence-corrected chi connectivity index (χ4v) is 4.61. The van der Waals surface area contributed by atoms with Crippen LogP contribution in [-0.4, -0.2) is 51.6 Å². The Labute approximate surface area is 193 Å².